The topological polar surface area (TPSA) is 77.1 Å². The number of hydrogen-bond acceptors (Lipinski definition) is 5. The first kappa shape index (κ1) is 18.1. The smallest absolute Gasteiger partial charge is 0.352 e. The number of aryl methyl sites for hydroxylation is 2. The molecule has 0 radical (unpaired) electrons. The lowest BCUT2D eigenvalue weighted by Crippen LogP contribution is -2.23. The van der Waals surface area contributed by atoms with Crippen molar-refractivity contribution in [1.82, 2.24) is 24.1 Å². The van der Waals surface area contributed by atoms with E-state index in [0.29, 0.717) is 31.0 Å². The SMILES string of the molecule is O=c1n(CCc2ccc3ccccc3n2)nc2cccc(NCc3cccnc3)n12. The minimum atomic E-state index is -0.167. The average molecular weight is 396 g/mol. The van der Waals surface area contributed by atoms with E-state index in [1.807, 2.05) is 60.7 Å². The van der Waals surface area contributed by atoms with E-state index in [4.69, 9.17) is 0 Å². The normalized spacial score (nSPS) is 11.2. The molecule has 0 amide bonds. The molecule has 4 heterocycles. The second-order valence-electron chi connectivity index (χ2n) is 7.07. The third-order valence-corrected chi connectivity index (χ3v) is 5.04. The zero-order valence-electron chi connectivity index (χ0n) is 16.3. The van der Waals surface area contributed by atoms with E-state index >= 15 is 0 Å². The number of benzene rings is 1. The molecular formula is C23H20N6O. The standard InChI is InChI=1S/C23H20N6O/c30-23-28(14-12-19-11-10-18-6-1-2-7-20(18)26-19)27-22-9-3-8-21(29(22)23)25-16-17-5-4-13-24-15-17/h1-11,13,15,25H,12,14,16H2. The van der Waals surface area contributed by atoms with Crippen molar-refractivity contribution in [2.45, 2.75) is 19.5 Å². The van der Waals surface area contributed by atoms with Gasteiger partial charge >= 0.3 is 5.69 Å². The number of nitrogens with zero attached hydrogens (tertiary/aromatic N) is 5. The summed E-state index contributed by atoms with van der Waals surface area (Å²) in [4.78, 5) is 21.8. The summed E-state index contributed by atoms with van der Waals surface area (Å²) < 4.78 is 3.10. The molecule has 0 aliphatic rings. The zero-order valence-corrected chi connectivity index (χ0v) is 16.3. The van der Waals surface area contributed by atoms with Gasteiger partial charge in [-0.2, -0.15) is 0 Å². The number of pyridine rings is 3. The van der Waals surface area contributed by atoms with Gasteiger partial charge in [-0.25, -0.2) is 13.9 Å². The summed E-state index contributed by atoms with van der Waals surface area (Å²) in [6, 6.07) is 21.6. The Hall–Kier alpha value is -4.00. The third kappa shape index (κ3) is 3.53. The van der Waals surface area contributed by atoms with E-state index in [0.717, 1.165) is 22.2 Å². The van der Waals surface area contributed by atoms with Gasteiger partial charge in [-0.3, -0.25) is 9.97 Å². The maximum atomic E-state index is 13.0. The van der Waals surface area contributed by atoms with Crippen LogP contribution < -0.4 is 11.0 Å². The molecule has 7 heteroatoms. The van der Waals surface area contributed by atoms with Crippen LogP contribution in [0.1, 0.15) is 11.3 Å². The number of rotatable bonds is 6. The molecule has 30 heavy (non-hydrogen) atoms. The van der Waals surface area contributed by atoms with Crippen LogP contribution in [0.4, 0.5) is 5.82 Å². The minimum Gasteiger partial charge on any atom is -0.367 e. The summed E-state index contributed by atoms with van der Waals surface area (Å²) >= 11 is 0. The van der Waals surface area contributed by atoms with Gasteiger partial charge in [0.1, 0.15) is 5.82 Å². The maximum Gasteiger partial charge on any atom is 0.352 e. The summed E-state index contributed by atoms with van der Waals surface area (Å²) in [5.41, 5.74) is 3.38. The molecule has 1 N–H and O–H groups in total. The van der Waals surface area contributed by atoms with Crippen molar-refractivity contribution in [3.63, 3.8) is 0 Å². The Kier molecular flexibility index (Phi) is 4.69. The molecule has 0 spiro atoms. The fourth-order valence-electron chi connectivity index (χ4n) is 3.51. The van der Waals surface area contributed by atoms with Crippen molar-refractivity contribution in [3.8, 4) is 0 Å². The zero-order chi connectivity index (χ0) is 20.3. The molecule has 0 atom stereocenters. The van der Waals surface area contributed by atoms with Gasteiger partial charge < -0.3 is 5.32 Å². The number of nitrogens with one attached hydrogen (secondary N) is 1. The van der Waals surface area contributed by atoms with Crippen LogP contribution in [0.15, 0.2) is 83.9 Å². The lowest BCUT2D eigenvalue weighted by Gasteiger charge is -2.07. The van der Waals surface area contributed by atoms with Gasteiger partial charge in [-0.15, -0.1) is 5.10 Å². The second kappa shape index (κ2) is 7.79. The predicted molar refractivity (Wildman–Crippen MR) is 116 cm³/mol. The predicted octanol–water partition coefficient (Wildman–Crippen LogP) is 3.29. The molecule has 1 aromatic carbocycles. The molecule has 0 saturated carbocycles. The first-order valence-corrected chi connectivity index (χ1v) is 9.84. The van der Waals surface area contributed by atoms with E-state index in [-0.39, 0.29) is 5.69 Å². The van der Waals surface area contributed by atoms with Crippen LogP contribution in [-0.2, 0) is 19.5 Å². The minimum absolute atomic E-state index is 0.167. The fourth-order valence-corrected chi connectivity index (χ4v) is 3.51. The summed E-state index contributed by atoms with van der Waals surface area (Å²) in [5.74, 6) is 0.705. The molecule has 4 aromatic heterocycles. The highest BCUT2D eigenvalue weighted by Gasteiger charge is 2.11. The lowest BCUT2D eigenvalue weighted by molar-refractivity contribution is 0.588. The van der Waals surface area contributed by atoms with Crippen molar-refractivity contribution < 1.29 is 0 Å². The summed E-state index contributed by atoms with van der Waals surface area (Å²) in [6.45, 7) is 1.04. The highest BCUT2D eigenvalue weighted by Crippen LogP contribution is 2.13. The van der Waals surface area contributed by atoms with E-state index < -0.39 is 0 Å². The molecule has 0 aliphatic carbocycles. The van der Waals surface area contributed by atoms with Crippen molar-refractivity contribution in [2.75, 3.05) is 5.32 Å². The van der Waals surface area contributed by atoms with Crippen LogP contribution in [0.2, 0.25) is 0 Å². The highest BCUT2D eigenvalue weighted by atomic mass is 16.2. The van der Waals surface area contributed by atoms with Crippen LogP contribution >= 0.6 is 0 Å². The van der Waals surface area contributed by atoms with E-state index in [1.165, 1.54) is 4.68 Å². The third-order valence-electron chi connectivity index (χ3n) is 5.04. The number of hydrogen-bond donors (Lipinski definition) is 1. The van der Waals surface area contributed by atoms with Crippen molar-refractivity contribution in [2.24, 2.45) is 0 Å². The first-order chi connectivity index (χ1) is 14.8. The molecule has 7 nitrogen and oxygen atoms in total. The Morgan fingerprint density at radius 3 is 2.77 bits per heavy atom. The largest absolute Gasteiger partial charge is 0.367 e. The summed E-state index contributed by atoms with van der Waals surface area (Å²) in [5, 5.41) is 8.91. The summed E-state index contributed by atoms with van der Waals surface area (Å²) in [6.07, 6.45) is 4.17. The van der Waals surface area contributed by atoms with E-state index in [9.17, 15) is 4.79 Å². The molecule has 5 aromatic rings. The van der Waals surface area contributed by atoms with E-state index in [1.54, 1.807) is 16.8 Å². The van der Waals surface area contributed by atoms with Crippen molar-refractivity contribution in [3.05, 3.63) is 101 Å². The van der Waals surface area contributed by atoms with Gasteiger partial charge in [-0.05, 0) is 35.9 Å². The van der Waals surface area contributed by atoms with E-state index in [2.05, 4.69) is 26.4 Å². The van der Waals surface area contributed by atoms with Gasteiger partial charge in [0.2, 0.25) is 0 Å². The van der Waals surface area contributed by atoms with Crippen LogP contribution in [-0.4, -0.2) is 24.1 Å². The molecule has 0 unspecified atom stereocenters. The number of para-hydroxylation sites is 1. The molecule has 148 valence electrons. The Labute approximate surface area is 172 Å². The maximum absolute atomic E-state index is 13.0. The van der Waals surface area contributed by atoms with Gasteiger partial charge in [0, 0.05) is 36.4 Å². The molecule has 0 fully saturated rings. The molecular weight excluding hydrogens is 376 g/mol. The van der Waals surface area contributed by atoms with Crippen molar-refractivity contribution >= 4 is 22.4 Å². The highest BCUT2D eigenvalue weighted by molar-refractivity contribution is 5.78. The summed E-state index contributed by atoms with van der Waals surface area (Å²) in [7, 11) is 0. The Bertz CT molecular complexity index is 1370. The Morgan fingerprint density at radius 2 is 1.87 bits per heavy atom. The number of fused-ring (bicyclic) bond motifs is 2. The van der Waals surface area contributed by atoms with Gasteiger partial charge in [0.05, 0.1) is 12.1 Å². The second-order valence-corrected chi connectivity index (χ2v) is 7.07. The molecule has 0 saturated heterocycles. The van der Waals surface area contributed by atoms with Crippen LogP contribution in [0.3, 0.4) is 0 Å². The van der Waals surface area contributed by atoms with Gasteiger partial charge in [0.25, 0.3) is 0 Å². The number of aromatic nitrogens is 5. The van der Waals surface area contributed by atoms with Crippen LogP contribution in [0.5, 0.6) is 0 Å². The molecule has 5 rings (SSSR count). The molecule has 0 aliphatic heterocycles. The fraction of sp³-hybridized carbons (Fsp3) is 0.130. The Balaban J connectivity index is 1.38. The van der Waals surface area contributed by atoms with Crippen LogP contribution in [0.25, 0.3) is 16.6 Å². The Morgan fingerprint density at radius 1 is 0.933 bits per heavy atom. The molecule has 0 bridgehead atoms. The average Bonchev–Trinajstić information content (AvgIpc) is 3.13. The van der Waals surface area contributed by atoms with Crippen molar-refractivity contribution in [1.29, 1.82) is 0 Å². The monoisotopic (exact) mass is 396 g/mol. The number of anilines is 1. The lowest BCUT2D eigenvalue weighted by atomic mass is 10.2. The van der Waals surface area contributed by atoms with Gasteiger partial charge in [-0.1, -0.05) is 36.4 Å². The van der Waals surface area contributed by atoms with Gasteiger partial charge in [0.15, 0.2) is 5.65 Å². The van der Waals surface area contributed by atoms with Crippen LogP contribution in [0, 0.1) is 0 Å². The quantitative estimate of drug-likeness (QED) is 0.477. The first-order valence-electron chi connectivity index (χ1n) is 9.84.